The number of hydrogen-bond donors (Lipinski definition) is 1. The van der Waals surface area contributed by atoms with E-state index in [9.17, 15) is 9.59 Å². The highest BCUT2D eigenvalue weighted by molar-refractivity contribution is 6.42. The lowest BCUT2D eigenvalue weighted by Gasteiger charge is -2.27. The number of rotatable bonds is 6. The third-order valence-corrected chi connectivity index (χ3v) is 6.17. The fraction of sp³-hybridized carbons (Fsp3) is 0.739. The largest absolute Gasteiger partial charge is 0.354 e. The Bertz CT molecular complexity index is 830. The van der Waals surface area contributed by atoms with E-state index in [1.165, 1.54) is 32.4 Å². The van der Waals surface area contributed by atoms with Crippen molar-refractivity contribution in [3.8, 4) is 0 Å². The average molecular weight is 431 g/mol. The van der Waals surface area contributed by atoms with Gasteiger partial charge < -0.3 is 14.8 Å². The van der Waals surface area contributed by atoms with Gasteiger partial charge in [0.15, 0.2) is 5.69 Å². The monoisotopic (exact) mass is 430 g/mol. The van der Waals surface area contributed by atoms with Gasteiger partial charge in [0, 0.05) is 38.5 Å². The van der Waals surface area contributed by atoms with Gasteiger partial charge in [-0.3, -0.25) is 14.5 Å². The quantitative estimate of drug-likeness (QED) is 0.699. The summed E-state index contributed by atoms with van der Waals surface area (Å²) in [7, 11) is 3.61. The fourth-order valence-electron chi connectivity index (χ4n) is 4.41. The number of likely N-dealkylation sites (tertiary alicyclic amines) is 1. The number of aryl methyl sites for hydroxylation is 1. The molecule has 1 aromatic heterocycles. The summed E-state index contributed by atoms with van der Waals surface area (Å²) in [4.78, 5) is 39.2. The van der Waals surface area contributed by atoms with E-state index in [0.717, 1.165) is 44.0 Å². The molecule has 3 heterocycles. The minimum absolute atomic E-state index is 0.234. The van der Waals surface area contributed by atoms with Gasteiger partial charge >= 0.3 is 0 Å². The molecule has 1 N–H and O–H groups in total. The van der Waals surface area contributed by atoms with E-state index in [4.69, 9.17) is 4.98 Å². The summed E-state index contributed by atoms with van der Waals surface area (Å²) in [5.74, 6) is 0.221. The Morgan fingerprint density at radius 3 is 2.45 bits per heavy atom. The van der Waals surface area contributed by atoms with Gasteiger partial charge in [0.1, 0.15) is 11.5 Å². The van der Waals surface area contributed by atoms with Crippen LogP contribution in [0.2, 0.25) is 0 Å². The molecule has 0 spiro atoms. The Labute approximate surface area is 186 Å². The highest BCUT2D eigenvalue weighted by atomic mass is 16.2. The molecular weight excluding hydrogens is 392 g/mol. The molecule has 0 saturated carbocycles. The number of likely N-dealkylation sites (N-methyl/N-ethyl adjacent to an activating group) is 1. The van der Waals surface area contributed by atoms with Gasteiger partial charge in [0.25, 0.3) is 11.8 Å². The summed E-state index contributed by atoms with van der Waals surface area (Å²) in [6, 6.07) is 0. The smallest absolute Gasteiger partial charge is 0.297 e. The SMILES string of the molecule is CNC(=O)/C(=N/C(=O)c1nc(CCCN2CCCCC2)n2c1CN(C)CC2)C(C)(C)C. The van der Waals surface area contributed by atoms with Crippen LogP contribution in [0.15, 0.2) is 4.99 Å². The van der Waals surface area contributed by atoms with Crippen LogP contribution in [0.5, 0.6) is 0 Å². The van der Waals surface area contributed by atoms with E-state index in [2.05, 4.69) is 31.7 Å². The molecule has 0 aromatic carbocycles. The van der Waals surface area contributed by atoms with E-state index in [0.29, 0.717) is 12.2 Å². The Morgan fingerprint density at radius 1 is 1.10 bits per heavy atom. The first-order chi connectivity index (χ1) is 14.7. The van der Waals surface area contributed by atoms with Gasteiger partial charge in [-0.25, -0.2) is 9.98 Å². The zero-order valence-electron chi connectivity index (χ0n) is 19.8. The Hall–Kier alpha value is -2.06. The van der Waals surface area contributed by atoms with Crippen LogP contribution in [-0.4, -0.2) is 77.2 Å². The highest BCUT2D eigenvalue weighted by Gasteiger charge is 2.30. The van der Waals surface area contributed by atoms with Crippen LogP contribution in [0, 0.1) is 5.41 Å². The summed E-state index contributed by atoms with van der Waals surface area (Å²) < 4.78 is 2.20. The predicted octanol–water partition coefficient (Wildman–Crippen LogP) is 2.12. The lowest BCUT2D eigenvalue weighted by atomic mass is 9.89. The molecule has 8 nitrogen and oxygen atoms in total. The molecule has 8 heteroatoms. The molecule has 31 heavy (non-hydrogen) atoms. The van der Waals surface area contributed by atoms with Gasteiger partial charge in [-0.15, -0.1) is 0 Å². The topological polar surface area (TPSA) is 82.8 Å². The second kappa shape index (κ2) is 10.0. The zero-order valence-corrected chi connectivity index (χ0v) is 19.8. The van der Waals surface area contributed by atoms with E-state index in [-0.39, 0.29) is 11.6 Å². The number of carbonyl (C=O) groups is 2. The first-order valence-electron chi connectivity index (χ1n) is 11.6. The van der Waals surface area contributed by atoms with Crippen molar-refractivity contribution in [2.45, 2.75) is 66.0 Å². The van der Waals surface area contributed by atoms with Crippen molar-refractivity contribution in [1.29, 1.82) is 0 Å². The van der Waals surface area contributed by atoms with Crippen LogP contribution >= 0.6 is 0 Å². The Morgan fingerprint density at radius 2 is 1.81 bits per heavy atom. The van der Waals surface area contributed by atoms with Crippen LogP contribution in [0.3, 0.4) is 0 Å². The van der Waals surface area contributed by atoms with E-state index >= 15 is 0 Å². The molecular formula is C23H38N6O2. The number of fused-ring (bicyclic) bond motifs is 1. The number of carbonyl (C=O) groups excluding carboxylic acids is 2. The van der Waals surface area contributed by atoms with Crippen LogP contribution < -0.4 is 5.32 Å². The van der Waals surface area contributed by atoms with Crippen LogP contribution in [0.1, 0.15) is 68.5 Å². The maximum absolute atomic E-state index is 13.2. The summed E-state index contributed by atoms with van der Waals surface area (Å²) in [5.41, 5.74) is 1.01. The van der Waals surface area contributed by atoms with Crippen molar-refractivity contribution < 1.29 is 9.59 Å². The van der Waals surface area contributed by atoms with Crippen molar-refractivity contribution in [2.75, 3.05) is 40.3 Å². The van der Waals surface area contributed by atoms with Crippen molar-refractivity contribution in [3.63, 3.8) is 0 Å². The van der Waals surface area contributed by atoms with Crippen molar-refractivity contribution in [1.82, 2.24) is 24.7 Å². The van der Waals surface area contributed by atoms with Gasteiger partial charge in [-0.1, -0.05) is 27.2 Å². The normalized spacial score (nSPS) is 18.7. The molecule has 0 atom stereocenters. The first-order valence-corrected chi connectivity index (χ1v) is 11.6. The lowest BCUT2D eigenvalue weighted by Crippen LogP contribution is -2.37. The maximum atomic E-state index is 13.2. The van der Waals surface area contributed by atoms with Crippen molar-refractivity contribution in [2.24, 2.45) is 10.4 Å². The first kappa shape index (κ1) is 23.6. The second-order valence-electron chi connectivity index (χ2n) is 9.81. The Kier molecular flexibility index (Phi) is 7.64. The number of piperidine rings is 1. The number of amides is 2. The van der Waals surface area contributed by atoms with E-state index < -0.39 is 11.3 Å². The molecule has 0 bridgehead atoms. The lowest BCUT2D eigenvalue weighted by molar-refractivity contribution is -0.114. The average Bonchev–Trinajstić information content (AvgIpc) is 3.09. The molecule has 1 fully saturated rings. The fourth-order valence-corrected chi connectivity index (χ4v) is 4.41. The molecule has 0 unspecified atom stereocenters. The number of nitrogens with zero attached hydrogens (tertiary/aromatic N) is 5. The number of aliphatic imine (C=N–C) groups is 1. The molecule has 2 aliphatic heterocycles. The molecule has 2 amide bonds. The van der Waals surface area contributed by atoms with Crippen LogP contribution in [0.25, 0.3) is 0 Å². The Balaban J connectivity index is 1.83. The number of nitrogens with one attached hydrogen (secondary N) is 1. The maximum Gasteiger partial charge on any atom is 0.297 e. The van der Waals surface area contributed by atoms with Crippen LogP contribution in [0.4, 0.5) is 0 Å². The zero-order chi connectivity index (χ0) is 22.6. The number of imidazole rings is 1. The second-order valence-corrected chi connectivity index (χ2v) is 9.81. The van der Waals surface area contributed by atoms with E-state index in [1.807, 2.05) is 20.8 Å². The standard InChI is InChI=1S/C23H38N6O2/c1-23(2,3)20(22(31)24-4)26-21(30)19-17-16-27(5)14-15-29(17)18(25-19)10-9-13-28-11-7-6-8-12-28/h6-16H2,1-5H3,(H,24,31)/b26-20-. The minimum Gasteiger partial charge on any atom is -0.354 e. The van der Waals surface area contributed by atoms with Gasteiger partial charge in [0.05, 0.1) is 5.69 Å². The number of hydrogen-bond acceptors (Lipinski definition) is 5. The predicted molar refractivity (Wildman–Crippen MR) is 122 cm³/mol. The molecule has 0 aliphatic carbocycles. The summed E-state index contributed by atoms with van der Waals surface area (Å²) in [5, 5.41) is 2.60. The molecule has 3 rings (SSSR count). The van der Waals surface area contributed by atoms with Gasteiger partial charge in [-0.2, -0.15) is 0 Å². The third kappa shape index (κ3) is 5.80. The van der Waals surface area contributed by atoms with Gasteiger partial charge in [0.2, 0.25) is 0 Å². The summed E-state index contributed by atoms with van der Waals surface area (Å²) >= 11 is 0. The number of aromatic nitrogens is 2. The highest BCUT2D eigenvalue weighted by Crippen LogP contribution is 2.23. The summed E-state index contributed by atoms with van der Waals surface area (Å²) in [6.07, 6.45) is 5.82. The molecule has 172 valence electrons. The third-order valence-electron chi connectivity index (χ3n) is 6.17. The minimum atomic E-state index is -0.538. The molecule has 2 aliphatic rings. The molecule has 1 aromatic rings. The van der Waals surface area contributed by atoms with E-state index in [1.54, 1.807) is 7.05 Å². The molecule has 0 radical (unpaired) electrons. The van der Waals surface area contributed by atoms with Gasteiger partial charge in [-0.05, 0) is 45.9 Å². The van der Waals surface area contributed by atoms with Crippen molar-refractivity contribution in [3.05, 3.63) is 17.2 Å². The molecule has 1 saturated heterocycles. The van der Waals surface area contributed by atoms with Crippen LogP contribution in [-0.2, 0) is 24.3 Å². The summed E-state index contributed by atoms with van der Waals surface area (Å²) in [6.45, 7) is 11.6. The van der Waals surface area contributed by atoms with Crippen molar-refractivity contribution >= 4 is 17.5 Å².